The van der Waals surface area contributed by atoms with Gasteiger partial charge < -0.3 is 0 Å². The second-order valence-corrected chi connectivity index (χ2v) is 5.94. The van der Waals surface area contributed by atoms with Gasteiger partial charge >= 0.3 is 0 Å². The Hall–Kier alpha value is 0. The van der Waals surface area contributed by atoms with Crippen molar-refractivity contribution in [1.29, 1.82) is 0 Å². The van der Waals surface area contributed by atoms with Crippen LogP contribution >= 0.6 is 0 Å². The molecule has 2 atom stereocenters. The highest BCUT2D eigenvalue weighted by Crippen LogP contribution is 2.62. The lowest BCUT2D eigenvalue weighted by molar-refractivity contribution is 0.283. The minimum Gasteiger partial charge on any atom is -0.0649 e. The van der Waals surface area contributed by atoms with E-state index in [4.69, 9.17) is 0 Å². The fourth-order valence-electron chi connectivity index (χ4n) is 2.20. The quantitative estimate of drug-likeness (QED) is 0.595. The average Bonchev–Trinajstić information content (AvgIpc) is 2.39. The van der Waals surface area contributed by atoms with Gasteiger partial charge in [0.05, 0.1) is 0 Å². The lowest BCUT2D eigenvalue weighted by atomic mass is 9.83. The van der Waals surface area contributed by atoms with E-state index in [1.54, 1.807) is 0 Å². The average molecular weight is 168 g/mol. The Kier molecular flexibility index (Phi) is 2.31. The summed E-state index contributed by atoms with van der Waals surface area (Å²) in [5.74, 6) is 1.93. The van der Waals surface area contributed by atoms with Crippen molar-refractivity contribution >= 4 is 0 Å². The van der Waals surface area contributed by atoms with Gasteiger partial charge in [-0.25, -0.2) is 0 Å². The van der Waals surface area contributed by atoms with E-state index in [0.29, 0.717) is 10.8 Å². The predicted octanol–water partition coefficient (Wildman–Crippen LogP) is 4.10. The van der Waals surface area contributed by atoms with Crippen LogP contribution in [-0.4, -0.2) is 0 Å². The van der Waals surface area contributed by atoms with E-state index in [0.717, 1.165) is 11.8 Å². The smallest absolute Gasteiger partial charge is 0.0294 e. The highest BCUT2D eigenvalue weighted by molar-refractivity contribution is 5.03. The molecule has 0 saturated heterocycles. The Morgan fingerprint density at radius 1 is 1.25 bits per heavy atom. The van der Waals surface area contributed by atoms with Crippen LogP contribution in [0.15, 0.2) is 0 Å². The van der Waals surface area contributed by atoms with Gasteiger partial charge in [0, 0.05) is 0 Å². The van der Waals surface area contributed by atoms with Crippen LogP contribution in [0.5, 0.6) is 0 Å². The Morgan fingerprint density at radius 3 is 1.92 bits per heavy atom. The summed E-state index contributed by atoms with van der Waals surface area (Å²) in [5.41, 5.74) is 1.19. The molecule has 1 aliphatic rings. The van der Waals surface area contributed by atoms with Crippen LogP contribution in [0.25, 0.3) is 0 Å². The first-order valence-electron chi connectivity index (χ1n) is 5.31. The fraction of sp³-hybridized carbons (Fsp3) is 1.00. The van der Waals surface area contributed by atoms with Crippen LogP contribution in [0, 0.1) is 22.7 Å². The van der Waals surface area contributed by atoms with E-state index in [1.807, 2.05) is 0 Å². The highest BCUT2D eigenvalue weighted by Gasteiger charge is 2.55. The van der Waals surface area contributed by atoms with E-state index >= 15 is 0 Å². The number of hydrogen-bond donors (Lipinski definition) is 0. The van der Waals surface area contributed by atoms with E-state index in [2.05, 4.69) is 41.5 Å². The summed E-state index contributed by atoms with van der Waals surface area (Å²) >= 11 is 0. The van der Waals surface area contributed by atoms with Crippen molar-refractivity contribution in [2.75, 3.05) is 0 Å². The summed E-state index contributed by atoms with van der Waals surface area (Å²) in [6, 6.07) is 0. The van der Waals surface area contributed by atoms with Gasteiger partial charge in [-0.2, -0.15) is 0 Å². The van der Waals surface area contributed by atoms with Crippen molar-refractivity contribution in [2.24, 2.45) is 22.7 Å². The van der Waals surface area contributed by atoms with Crippen LogP contribution in [0.2, 0.25) is 0 Å². The van der Waals surface area contributed by atoms with E-state index in [-0.39, 0.29) is 0 Å². The van der Waals surface area contributed by atoms with Crippen molar-refractivity contribution < 1.29 is 0 Å². The van der Waals surface area contributed by atoms with Crippen LogP contribution in [0.4, 0.5) is 0 Å². The second kappa shape index (κ2) is 2.75. The maximum atomic E-state index is 2.41. The minimum atomic E-state index is 0.562. The highest BCUT2D eigenvalue weighted by atomic mass is 14.6. The van der Waals surface area contributed by atoms with Gasteiger partial charge in [-0.05, 0) is 29.1 Å². The van der Waals surface area contributed by atoms with Gasteiger partial charge in [0.25, 0.3) is 0 Å². The van der Waals surface area contributed by atoms with Gasteiger partial charge in [-0.3, -0.25) is 0 Å². The molecule has 0 aliphatic heterocycles. The first kappa shape index (κ1) is 10.1. The molecule has 0 heteroatoms. The molecular formula is C12H24. The normalized spacial score (nSPS) is 33.5. The zero-order valence-electron chi connectivity index (χ0n) is 9.57. The molecule has 12 heavy (non-hydrogen) atoms. The maximum absolute atomic E-state index is 2.41. The molecule has 0 aromatic heterocycles. The lowest BCUT2D eigenvalue weighted by Crippen LogP contribution is -2.11. The molecule has 2 unspecified atom stereocenters. The molecule has 0 spiro atoms. The zero-order valence-corrected chi connectivity index (χ0v) is 9.57. The molecule has 1 saturated carbocycles. The van der Waals surface area contributed by atoms with Crippen molar-refractivity contribution in [3.05, 3.63) is 0 Å². The molecule has 1 aliphatic carbocycles. The SMILES string of the molecule is CCC(C)(C)CC1C(C)C1(C)C. The summed E-state index contributed by atoms with van der Waals surface area (Å²) in [6.07, 6.45) is 2.73. The molecule has 0 N–H and O–H groups in total. The number of rotatable bonds is 3. The minimum absolute atomic E-state index is 0.562. The Morgan fingerprint density at radius 2 is 1.67 bits per heavy atom. The molecule has 0 amide bonds. The third kappa shape index (κ3) is 1.67. The van der Waals surface area contributed by atoms with Crippen molar-refractivity contribution in [3.8, 4) is 0 Å². The Bertz CT molecular complexity index is 165. The third-order valence-electron chi connectivity index (χ3n) is 4.35. The Balaban J connectivity index is 2.46. The summed E-state index contributed by atoms with van der Waals surface area (Å²) in [6.45, 7) is 14.3. The monoisotopic (exact) mass is 168 g/mol. The van der Waals surface area contributed by atoms with E-state index in [9.17, 15) is 0 Å². The topological polar surface area (TPSA) is 0 Å². The van der Waals surface area contributed by atoms with E-state index in [1.165, 1.54) is 12.8 Å². The van der Waals surface area contributed by atoms with Gasteiger partial charge in [-0.15, -0.1) is 0 Å². The maximum Gasteiger partial charge on any atom is -0.0294 e. The molecule has 1 fully saturated rings. The molecule has 0 bridgehead atoms. The van der Waals surface area contributed by atoms with Crippen LogP contribution in [0.3, 0.4) is 0 Å². The molecule has 0 aromatic carbocycles. The van der Waals surface area contributed by atoms with Crippen LogP contribution in [-0.2, 0) is 0 Å². The summed E-state index contributed by atoms with van der Waals surface area (Å²) in [7, 11) is 0. The summed E-state index contributed by atoms with van der Waals surface area (Å²) in [5, 5.41) is 0. The molecule has 0 nitrogen and oxygen atoms in total. The van der Waals surface area contributed by atoms with Crippen LogP contribution < -0.4 is 0 Å². The molecule has 0 radical (unpaired) electrons. The van der Waals surface area contributed by atoms with Crippen molar-refractivity contribution in [2.45, 2.75) is 54.4 Å². The molecule has 0 aromatic rings. The molecule has 72 valence electrons. The number of hydrogen-bond acceptors (Lipinski definition) is 0. The standard InChI is InChI=1S/C12H24/c1-7-11(3,4)8-10-9(2)12(10,5)6/h9-10H,7-8H2,1-6H3. The summed E-state index contributed by atoms with van der Waals surface area (Å²) in [4.78, 5) is 0. The largest absolute Gasteiger partial charge is 0.0649 e. The Labute approximate surface area is 77.7 Å². The predicted molar refractivity (Wildman–Crippen MR) is 55.1 cm³/mol. The van der Waals surface area contributed by atoms with Gasteiger partial charge in [0.1, 0.15) is 0 Å². The first-order valence-corrected chi connectivity index (χ1v) is 5.31. The van der Waals surface area contributed by atoms with Crippen molar-refractivity contribution in [3.63, 3.8) is 0 Å². The van der Waals surface area contributed by atoms with Gasteiger partial charge in [0.2, 0.25) is 0 Å². The second-order valence-electron chi connectivity index (χ2n) is 5.94. The zero-order chi connectivity index (χ0) is 9.57. The van der Waals surface area contributed by atoms with Gasteiger partial charge in [-0.1, -0.05) is 48.0 Å². The van der Waals surface area contributed by atoms with E-state index < -0.39 is 0 Å². The fourth-order valence-corrected chi connectivity index (χ4v) is 2.20. The van der Waals surface area contributed by atoms with Crippen molar-refractivity contribution in [1.82, 2.24) is 0 Å². The van der Waals surface area contributed by atoms with Gasteiger partial charge in [0.15, 0.2) is 0 Å². The molecule has 0 heterocycles. The summed E-state index contributed by atoms with van der Waals surface area (Å²) < 4.78 is 0. The lowest BCUT2D eigenvalue weighted by Gasteiger charge is -2.23. The third-order valence-corrected chi connectivity index (χ3v) is 4.35. The molecule has 1 rings (SSSR count). The first-order chi connectivity index (χ1) is 5.31. The molecular weight excluding hydrogens is 144 g/mol. The van der Waals surface area contributed by atoms with Crippen LogP contribution in [0.1, 0.15) is 54.4 Å².